The highest BCUT2D eigenvalue weighted by Gasteiger charge is 1.88. The Labute approximate surface area is 72.7 Å². The summed E-state index contributed by atoms with van der Waals surface area (Å²) in [5.41, 5.74) is 6.46. The monoisotopic (exact) mass is 163 g/mol. The van der Waals surface area contributed by atoms with E-state index in [4.69, 9.17) is 10.5 Å². The topological polar surface area (TPSA) is 35.2 Å². The molecule has 1 aromatic carbocycles. The van der Waals surface area contributed by atoms with E-state index >= 15 is 0 Å². The zero-order valence-electron chi connectivity index (χ0n) is 7.16. The third-order valence-electron chi connectivity index (χ3n) is 1.56. The summed E-state index contributed by atoms with van der Waals surface area (Å²) in [4.78, 5) is 0. The van der Waals surface area contributed by atoms with Crippen molar-refractivity contribution in [3.8, 4) is 5.75 Å². The largest absolute Gasteiger partial charge is 0.497 e. The normalized spacial score (nSPS) is 10.5. The molecule has 0 aliphatic heterocycles. The number of nitrogens with two attached hydrogens (primary N) is 1. The Balaban J connectivity index is 2.71. The van der Waals surface area contributed by atoms with Crippen molar-refractivity contribution >= 4 is 6.08 Å². The molecule has 64 valence electrons. The molecule has 2 N–H and O–H groups in total. The van der Waals surface area contributed by atoms with E-state index in [2.05, 4.69) is 0 Å². The molecular weight excluding hydrogens is 150 g/mol. The molecule has 0 bridgehead atoms. The molecule has 0 amide bonds. The summed E-state index contributed by atoms with van der Waals surface area (Å²) in [5.74, 6) is 0.875. The molecule has 0 aliphatic rings. The summed E-state index contributed by atoms with van der Waals surface area (Å²) in [5, 5.41) is 0. The third-order valence-corrected chi connectivity index (χ3v) is 1.56. The van der Waals surface area contributed by atoms with Crippen molar-refractivity contribution in [1.82, 2.24) is 0 Å². The third kappa shape index (κ3) is 2.40. The van der Waals surface area contributed by atoms with Gasteiger partial charge in [0.15, 0.2) is 0 Å². The van der Waals surface area contributed by atoms with Crippen molar-refractivity contribution in [2.24, 2.45) is 5.73 Å². The van der Waals surface area contributed by atoms with Crippen LogP contribution in [0.2, 0.25) is 0 Å². The highest BCUT2D eigenvalue weighted by atomic mass is 16.5. The smallest absolute Gasteiger partial charge is 0.118 e. The summed E-state index contributed by atoms with van der Waals surface area (Å²) in [6.45, 7) is 0.575. The zero-order valence-corrected chi connectivity index (χ0v) is 7.16. The maximum Gasteiger partial charge on any atom is 0.118 e. The predicted octanol–water partition coefficient (Wildman–Crippen LogP) is 1.67. The van der Waals surface area contributed by atoms with Gasteiger partial charge in [0.25, 0.3) is 0 Å². The molecule has 0 saturated heterocycles. The van der Waals surface area contributed by atoms with Crippen LogP contribution >= 0.6 is 0 Å². The van der Waals surface area contributed by atoms with Gasteiger partial charge in [-0.25, -0.2) is 0 Å². The van der Waals surface area contributed by atoms with E-state index in [0.717, 1.165) is 11.3 Å². The van der Waals surface area contributed by atoms with Crippen molar-refractivity contribution in [1.29, 1.82) is 0 Å². The van der Waals surface area contributed by atoms with Crippen molar-refractivity contribution in [3.05, 3.63) is 35.9 Å². The van der Waals surface area contributed by atoms with Gasteiger partial charge in [-0.15, -0.1) is 0 Å². The van der Waals surface area contributed by atoms with E-state index < -0.39 is 0 Å². The Morgan fingerprint density at radius 3 is 2.50 bits per heavy atom. The quantitative estimate of drug-likeness (QED) is 0.735. The SMILES string of the molecule is COc1ccc(/C=C\CN)cc1. The minimum absolute atomic E-state index is 0.575. The van der Waals surface area contributed by atoms with Gasteiger partial charge in [-0.2, -0.15) is 0 Å². The molecule has 1 aromatic rings. The summed E-state index contributed by atoms with van der Waals surface area (Å²) in [6.07, 6.45) is 3.90. The van der Waals surface area contributed by atoms with Gasteiger partial charge in [0.05, 0.1) is 7.11 Å². The molecule has 12 heavy (non-hydrogen) atoms. The second-order valence-corrected chi connectivity index (χ2v) is 2.41. The van der Waals surface area contributed by atoms with Gasteiger partial charge in [0.1, 0.15) is 5.75 Å². The van der Waals surface area contributed by atoms with Gasteiger partial charge >= 0.3 is 0 Å². The Bertz CT molecular complexity index is 251. The second kappa shape index (κ2) is 4.57. The van der Waals surface area contributed by atoms with Crippen LogP contribution < -0.4 is 10.5 Å². The number of rotatable bonds is 3. The molecule has 0 unspecified atom stereocenters. The average Bonchev–Trinajstić information content (AvgIpc) is 2.15. The molecule has 0 heterocycles. The summed E-state index contributed by atoms with van der Waals surface area (Å²) < 4.78 is 5.02. The Morgan fingerprint density at radius 1 is 1.33 bits per heavy atom. The van der Waals surface area contributed by atoms with Crippen LogP contribution in [0.4, 0.5) is 0 Å². The van der Waals surface area contributed by atoms with E-state index in [-0.39, 0.29) is 0 Å². The molecule has 0 aromatic heterocycles. The van der Waals surface area contributed by atoms with E-state index in [1.165, 1.54) is 0 Å². The lowest BCUT2D eigenvalue weighted by Crippen LogP contribution is -1.91. The van der Waals surface area contributed by atoms with Gasteiger partial charge in [-0.3, -0.25) is 0 Å². The summed E-state index contributed by atoms with van der Waals surface area (Å²) in [6, 6.07) is 7.84. The lowest BCUT2D eigenvalue weighted by atomic mass is 10.2. The van der Waals surface area contributed by atoms with Crippen molar-refractivity contribution < 1.29 is 4.74 Å². The molecule has 0 spiro atoms. The zero-order chi connectivity index (χ0) is 8.81. The van der Waals surface area contributed by atoms with Crippen LogP contribution in [-0.2, 0) is 0 Å². The number of hydrogen-bond acceptors (Lipinski definition) is 2. The minimum Gasteiger partial charge on any atom is -0.497 e. The Morgan fingerprint density at radius 2 is 2.00 bits per heavy atom. The number of ether oxygens (including phenoxy) is 1. The average molecular weight is 163 g/mol. The fourth-order valence-electron chi connectivity index (χ4n) is 0.919. The maximum atomic E-state index is 5.32. The van der Waals surface area contributed by atoms with E-state index in [9.17, 15) is 0 Å². The lowest BCUT2D eigenvalue weighted by Gasteiger charge is -1.98. The van der Waals surface area contributed by atoms with Gasteiger partial charge in [0, 0.05) is 6.54 Å². The first-order valence-corrected chi connectivity index (χ1v) is 3.87. The van der Waals surface area contributed by atoms with Crippen LogP contribution in [0.15, 0.2) is 30.3 Å². The molecule has 0 atom stereocenters. The highest BCUT2D eigenvalue weighted by Crippen LogP contribution is 2.11. The van der Waals surface area contributed by atoms with Gasteiger partial charge in [-0.05, 0) is 17.7 Å². The first-order valence-electron chi connectivity index (χ1n) is 3.87. The van der Waals surface area contributed by atoms with Crippen LogP contribution in [0.1, 0.15) is 5.56 Å². The molecule has 0 saturated carbocycles. The van der Waals surface area contributed by atoms with Gasteiger partial charge < -0.3 is 10.5 Å². The maximum absolute atomic E-state index is 5.32. The van der Waals surface area contributed by atoms with Crippen molar-refractivity contribution in [3.63, 3.8) is 0 Å². The van der Waals surface area contributed by atoms with Crippen LogP contribution in [0.5, 0.6) is 5.75 Å². The van der Waals surface area contributed by atoms with E-state index in [0.29, 0.717) is 6.54 Å². The van der Waals surface area contributed by atoms with Crippen LogP contribution in [0.3, 0.4) is 0 Å². The summed E-state index contributed by atoms with van der Waals surface area (Å²) >= 11 is 0. The second-order valence-electron chi connectivity index (χ2n) is 2.41. The van der Waals surface area contributed by atoms with E-state index in [1.54, 1.807) is 7.11 Å². The molecule has 0 aliphatic carbocycles. The molecule has 1 rings (SSSR count). The minimum atomic E-state index is 0.575. The predicted molar refractivity (Wildman–Crippen MR) is 51.1 cm³/mol. The standard InChI is InChI=1S/C10H13NO/c1-12-10-6-4-9(5-7-10)3-2-8-11/h2-7H,8,11H2,1H3/b3-2-. The number of hydrogen-bond donors (Lipinski definition) is 1. The van der Waals surface area contributed by atoms with Crippen molar-refractivity contribution in [2.75, 3.05) is 13.7 Å². The Kier molecular flexibility index (Phi) is 3.35. The van der Waals surface area contributed by atoms with Crippen LogP contribution in [0, 0.1) is 0 Å². The van der Waals surface area contributed by atoms with E-state index in [1.807, 2.05) is 36.4 Å². The Hall–Kier alpha value is -1.28. The van der Waals surface area contributed by atoms with Crippen LogP contribution in [0.25, 0.3) is 6.08 Å². The number of methoxy groups -OCH3 is 1. The molecular formula is C10H13NO. The summed E-state index contributed by atoms with van der Waals surface area (Å²) in [7, 11) is 1.66. The first kappa shape index (κ1) is 8.81. The molecule has 0 radical (unpaired) electrons. The highest BCUT2D eigenvalue weighted by molar-refractivity contribution is 5.50. The first-order chi connectivity index (χ1) is 5.86. The fourth-order valence-corrected chi connectivity index (χ4v) is 0.919. The molecule has 0 fully saturated rings. The van der Waals surface area contributed by atoms with Crippen LogP contribution in [-0.4, -0.2) is 13.7 Å². The van der Waals surface area contributed by atoms with Gasteiger partial charge in [-0.1, -0.05) is 24.3 Å². The lowest BCUT2D eigenvalue weighted by molar-refractivity contribution is 0.415. The number of benzene rings is 1. The fraction of sp³-hybridized carbons (Fsp3) is 0.200. The molecule has 2 heteroatoms. The van der Waals surface area contributed by atoms with Gasteiger partial charge in [0.2, 0.25) is 0 Å². The molecule has 2 nitrogen and oxygen atoms in total. The van der Waals surface area contributed by atoms with Crippen molar-refractivity contribution in [2.45, 2.75) is 0 Å².